The Morgan fingerprint density at radius 2 is 2.00 bits per heavy atom. The Balaban J connectivity index is 1.93. The fraction of sp³-hybridized carbons (Fsp3) is 0.550. The molecular formula is C20H28N2O2. The van der Waals surface area contributed by atoms with E-state index in [-0.39, 0.29) is 17.7 Å². The van der Waals surface area contributed by atoms with Crippen molar-refractivity contribution in [1.29, 1.82) is 0 Å². The highest BCUT2D eigenvalue weighted by molar-refractivity contribution is 5.79. The van der Waals surface area contributed by atoms with Gasteiger partial charge in [-0.05, 0) is 43.3 Å². The molecule has 4 heteroatoms. The Kier molecular flexibility index (Phi) is 5.36. The first kappa shape index (κ1) is 17.2. The lowest BCUT2D eigenvalue weighted by molar-refractivity contribution is 0.0155. The van der Waals surface area contributed by atoms with Gasteiger partial charge >= 0.3 is 0 Å². The summed E-state index contributed by atoms with van der Waals surface area (Å²) in [5.41, 5.74) is 1.86. The first-order chi connectivity index (χ1) is 11.6. The molecule has 1 saturated carbocycles. The van der Waals surface area contributed by atoms with Gasteiger partial charge in [0.05, 0.1) is 11.6 Å². The third-order valence-electron chi connectivity index (χ3n) is 5.25. The van der Waals surface area contributed by atoms with Crippen LogP contribution in [-0.2, 0) is 13.6 Å². The number of pyridine rings is 1. The molecular weight excluding hydrogens is 300 g/mol. The zero-order valence-electron chi connectivity index (χ0n) is 14.7. The zero-order valence-corrected chi connectivity index (χ0v) is 14.7. The molecule has 3 rings (SSSR count). The van der Waals surface area contributed by atoms with Crippen LogP contribution in [0.25, 0.3) is 10.9 Å². The quantitative estimate of drug-likeness (QED) is 0.917. The highest BCUT2D eigenvalue weighted by Gasteiger charge is 2.28. The van der Waals surface area contributed by atoms with E-state index < -0.39 is 0 Å². The summed E-state index contributed by atoms with van der Waals surface area (Å²) in [4.78, 5) is 15.1. The number of para-hydroxylation sites is 1. The van der Waals surface area contributed by atoms with Gasteiger partial charge in [-0.3, -0.25) is 9.69 Å². The number of hydrogen-bond acceptors (Lipinski definition) is 3. The van der Waals surface area contributed by atoms with E-state index in [0.29, 0.717) is 6.54 Å². The summed E-state index contributed by atoms with van der Waals surface area (Å²) in [5, 5.41) is 11.5. The van der Waals surface area contributed by atoms with Gasteiger partial charge in [-0.25, -0.2) is 0 Å². The number of fused-ring (bicyclic) bond motifs is 1. The molecule has 1 heterocycles. The third kappa shape index (κ3) is 3.40. The number of aliphatic hydroxyl groups is 1. The molecule has 24 heavy (non-hydrogen) atoms. The second-order valence-corrected chi connectivity index (χ2v) is 6.98. The Morgan fingerprint density at radius 1 is 1.25 bits per heavy atom. The first-order valence-corrected chi connectivity index (χ1v) is 9.11. The Morgan fingerprint density at radius 3 is 2.75 bits per heavy atom. The number of aliphatic hydroxyl groups excluding tert-OH is 1. The topological polar surface area (TPSA) is 45.5 Å². The number of rotatable bonds is 5. The van der Waals surface area contributed by atoms with Gasteiger partial charge in [0.15, 0.2) is 0 Å². The summed E-state index contributed by atoms with van der Waals surface area (Å²) in [6.45, 7) is 3.69. The van der Waals surface area contributed by atoms with Crippen molar-refractivity contribution in [3.8, 4) is 0 Å². The SMILES string of the molecule is CCCN(Cc1cc2ccccc2n(C)c1=O)[C@@H]1CCCC[C@H]1O. The molecule has 130 valence electrons. The maximum absolute atomic E-state index is 12.8. The van der Waals surface area contributed by atoms with Crippen LogP contribution in [0.3, 0.4) is 0 Å². The van der Waals surface area contributed by atoms with Gasteiger partial charge in [0.2, 0.25) is 0 Å². The van der Waals surface area contributed by atoms with Gasteiger partial charge in [0.1, 0.15) is 0 Å². The number of aryl methyl sites for hydroxylation is 1. The zero-order chi connectivity index (χ0) is 17.1. The molecule has 0 unspecified atom stereocenters. The second-order valence-electron chi connectivity index (χ2n) is 6.98. The van der Waals surface area contributed by atoms with Gasteiger partial charge in [-0.2, -0.15) is 0 Å². The molecule has 2 atom stereocenters. The van der Waals surface area contributed by atoms with Crippen molar-refractivity contribution < 1.29 is 5.11 Å². The van der Waals surface area contributed by atoms with Crippen LogP contribution in [-0.4, -0.2) is 33.3 Å². The predicted molar refractivity (Wildman–Crippen MR) is 98.2 cm³/mol. The molecule has 4 nitrogen and oxygen atoms in total. The maximum atomic E-state index is 12.8. The lowest BCUT2D eigenvalue weighted by Crippen LogP contribution is -2.46. The van der Waals surface area contributed by atoms with Crippen LogP contribution in [0.15, 0.2) is 35.1 Å². The minimum atomic E-state index is -0.269. The molecule has 1 aliphatic carbocycles. The molecule has 0 bridgehead atoms. The number of aromatic nitrogens is 1. The van der Waals surface area contributed by atoms with Crippen LogP contribution in [0.4, 0.5) is 0 Å². The largest absolute Gasteiger partial charge is 0.391 e. The average molecular weight is 328 g/mol. The number of nitrogens with zero attached hydrogens (tertiary/aromatic N) is 2. The fourth-order valence-corrected chi connectivity index (χ4v) is 3.99. The van der Waals surface area contributed by atoms with Crippen molar-refractivity contribution in [2.24, 2.45) is 7.05 Å². The normalized spacial score (nSPS) is 21.5. The molecule has 0 saturated heterocycles. The van der Waals surface area contributed by atoms with Crippen molar-refractivity contribution in [1.82, 2.24) is 9.47 Å². The van der Waals surface area contributed by atoms with Crippen molar-refractivity contribution in [2.45, 2.75) is 57.7 Å². The smallest absolute Gasteiger partial charge is 0.255 e. The summed E-state index contributed by atoms with van der Waals surface area (Å²) in [6.07, 6.45) is 4.93. The van der Waals surface area contributed by atoms with E-state index in [0.717, 1.165) is 55.1 Å². The van der Waals surface area contributed by atoms with E-state index in [4.69, 9.17) is 0 Å². The molecule has 0 amide bonds. The lowest BCUT2D eigenvalue weighted by Gasteiger charge is -2.37. The van der Waals surface area contributed by atoms with E-state index in [1.54, 1.807) is 4.57 Å². The maximum Gasteiger partial charge on any atom is 0.255 e. The minimum Gasteiger partial charge on any atom is -0.391 e. The number of benzene rings is 1. The van der Waals surface area contributed by atoms with Crippen LogP contribution >= 0.6 is 0 Å². The Bertz CT molecular complexity index is 753. The summed E-state index contributed by atoms with van der Waals surface area (Å²) < 4.78 is 1.74. The summed E-state index contributed by atoms with van der Waals surface area (Å²) >= 11 is 0. The molecule has 1 aromatic carbocycles. The van der Waals surface area contributed by atoms with Crippen molar-refractivity contribution in [2.75, 3.05) is 6.54 Å². The van der Waals surface area contributed by atoms with Crippen molar-refractivity contribution in [3.63, 3.8) is 0 Å². The Labute approximate surface area is 143 Å². The standard InChI is InChI=1S/C20H28N2O2/c1-3-12-22(18-10-6-7-11-19(18)23)14-16-13-15-8-4-5-9-17(15)21(2)20(16)24/h4-5,8-9,13,18-19,23H,3,6-7,10-12,14H2,1-2H3/t18-,19-/m1/s1. The summed E-state index contributed by atoms with van der Waals surface area (Å²) in [6, 6.07) is 10.2. The summed E-state index contributed by atoms with van der Waals surface area (Å²) in [5.74, 6) is 0. The molecule has 1 aliphatic rings. The fourth-order valence-electron chi connectivity index (χ4n) is 3.99. The molecule has 0 spiro atoms. The molecule has 1 fully saturated rings. The highest BCUT2D eigenvalue weighted by Crippen LogP contribution is 2.25. The molecule has 2 aromatic rings. The van der Waals surface area contributed by atoms with Crippen molar-refractivity contribution in [3.05, 3.63) is 46.2 Å². The average Bonchev–Trinajstić information content (AvgIpc) is 2.59. The van der Waals surface area contributed by atoms with Crippen LogP contribution in [0, 0.1) is 0 Å². The van der Waals surface area contributed by atoms with Gasteiger partial charge in [-0.1, -0.05) is 38.0 Å². The Hall–Kier alpha value is -1.65. The predicted octanol–water partition coefficient (Wildman–Crippen LogP) is 3.05. The van der Waals surface area contributed by atoms with Gasteiger partial charge in [0.25, 0.3) is 5.56 Å². The van der Waals surface area contributed by atoms with E-state index in [1.807, 2.05) is 31.3 Å². The molecule has 0 radical (unpaired) electrons. The monoisotopic (exact) mass is 328 g/mol. The van der Waals surface area contributed by atoms with E-state index in [2.05, 4.69) is 17.9 Å². The summed E-state index contributed by atoms with van der Waals surface area (Å²) in [7, 11) is 1.84. The minimum absolute atomic E-state index is 0.0695. The van der Waals surface area contributed by atoms with Gasteiger partial charge < -0.3 is 9.67 Å². The van der Waals surface area contributed by atoms with Crippen LogP contribution < -0.4 is 5.56 Å². The van der Waals surface area contributed by atoms with Crippen LogP contribution in [0.5, 0.6) is 0 Å². The molecule has 0 aliphatic heterocycles. The number of hydrogen-bond donors (Lipinski definition) is 1. The van der Waals surface area contributed by atoms with Crippen molar-refractivity contribution >= 4 is 10.9 Å². The highest BCUT2D eigenvalue weighted by atomic mass is 16.3. The lowest BCUT2D eigenvalue weighted by atomic mass is 9.91. The van der Waals surface area contributed by atoms with Crippen LogP contribution in [0.1, 0.15) is 44.6 Å². The van der Waals surface area contributed by atoms with Gasteiger partial charge in [-0.15, -0.1) is 0 Å². The molecule has 1 aromatic heterocycles. The second kappa shape index (κ2) is 7.49. The third-order valence-corrected chi connectivity index (χ3v) is 5.25. The van der Waals surface area contributed by atoms with E-state index in [9.17, 15) is 9.90 Å². The first-order valence-electron chi connectivity index (χ1n) is 9.11. The van der Waals surface area contributed by atoms with Gasteiger partial charge in [0, 0.05) is 25.2 Å². The molecule has 1 N–H and O–H groups in total. The van der Waals surface area contributed by atoms with E-state index >= 15 is 0 Å². The van der Waals surface area contributed by atoms with Crippen LogP contribution in [0.2, 0.25) is 0 Å². The van der Waals surface area contributed by atoms with E-state index in [1.165, 1.54) is 0 Å².